The fourth-order valence-electron chi connectivity index (χ4n) is 2.71. The van der Waals surface area contributed by atoms with Gasteiger partial charge in [-0.3, -0.25) is 14.2 Å². The number of carboxylic acids is 1. The zero-order valence-electron chi connectivity index (χ0n) is 14.4. The lowest BCUT2D eigenvalue weighted by atomic mass is 9.98. The van der Waals surface area contributed by atoms with Gasteiger partial charge in [0.05, 0.1) is 17.2 Å². The number of para-hydroxylation sites is 1. The Morgan fingerprint density at radius 1 is 1.32 bits per heavy atom. The van der Waals surface area contributed by atoms with Gasteiger partial charge in [0.15, 0.2) is 0 Å². The molecule has 0 fully saturated rings. The maximum Gasteiger partial charge on any atom is 0.261 e. The minimum atomic E-state index is -1.15. The largest absolute Gasteiger partial charge is 0.550 e. The average Bonchev–Trinajstić information content (AvgIpc) is 2.60. The van der Waals surface area contributed by atoms with E-state index < -0.39 is 12.0 Å². The molecule has 1 amide bonds. The summed E-state index contributed by atoms with van der Waals surface area (Å²) in [7, 11) is 0. The van der Waals surface area contributed by atoms with Crippen LogP contribution in [0.2, 0.25) is 0 Å². The summed E-state index contributed by atoms with van der Waals surface area (Å²) >= 11 is 0. The van der Waals surface area contributed by atoms with E-state index in [1.165, 1.54) is 10.9 Å². The summed E-state index contributed by atoms with van der Waals surface area (Å²) in [4.78, 5) is 40.1. The number of nitrogens with one attached hydrogen (secondary N) is 1. The molecule has 0 bridgehead atoms. The van der Waals surface area contributed by atoms with Gasteiger partial charge < -0.3 is 15.2 Å². The van der Waals surface area contributed by atoms with Crippen molar-refractivity contribution < 1.29 is 14.7 Å². The van der Waals surface area contributed by atoms with Crippen molar-refractivity contribution in [2.24, 2.45) is 5.92 Å². The Kier molecular flexibility index (Phi) is 6.27. The standard InChI is InChI=1S/C18H23N3O4/c1-3-12(2)16(17(24)19-10-6-9-15(22)23)21-11-20-14-8-5-4-7-13(14)18(21)25/h4-5,7-8,11-12,16H,3,6,9-10H2,1-2H3,(H,19,24)(H,22,23)/p-1/t12-,16-/m0/s1. The molecule has 7 nitrogen and oxygen atoms in total. The third-order valence-corrected chi connectivity index (χ3v) is 4.30. The van der Waals surface area contributed by atoms with Crippen LogP contribution < -0.4 is 16.0 Å². The summed E-state index contributed by atoms with van der Waals surface area (Å²) in [6, 6.07) is 6.30. The summed E-state index contributed by atoms with van der Waals surface area (Å²) < 4.78 is 1.37. The minimum absolute atomic E-state index is 0.0817. The molecule has 0 saturated carbocycles. The van der Waals surface area contributed by atoms with Crippen LogP contribution in [0.4, 0.5) is 0 Å². The van der Waals surface area contributed by atoms with Crippen LogP contribution in [0.25, 0.3) is 10.9 Å². The highest BCUT2D eigenvalue weighted by Crippen LogP contribution is 2.20. The lowest BCUT2D eigenvalue weighted by Gasteiger charge is -2.24. The predicted molar refractivity (Wildman–Crippen MR) is 91.7 cm³/mol. The first kappa shape index (κ1) is 18.6. The topological polar surface area (TPSA) is 104 Å². The van der Waals surface area contributed by atoms with E-state index in [1.807, 2.05) is 13.8 Å². The van der Waals surface area contributed by atoms with E-state index in [1.54, 1.807) is 24.3 Å². The van der Waals surface area contributed by atoms with Crippen molar-refractivity contribution in [3.05, 3.63) is 40.9 Å². The first-order valence-corrected chi connectivity index (χ1v) is 8.39. The minimum Gasteiger partial charge on any atom is -0.550 e. The molecule has 1 aromatic heterocycles. The van der Waals surface area contributed by atoms with Crippen LogP contribution in [0.1, 0.15) is 39.2 Å². The normalized spacial score (nSPS) is 13.4. The van der Waals surface area contributed by atoms with Gasteiger partial charge in [0.2, 0.25) is 5.91 Å². The molecule has 0 radical (unpaired) electrons. The van der Waals surface area contributed by atoms with Crippen LogP contribution in [0, 0.1) is 5.92 Å². The molecular formula is C18H22N3O4-. The zero-order chi connectivity index (χ0) is 18.4. The highest BCUT2D eigenvalue weighted by molar-refractivity contribution is 5.82. The molecular weight excluding hydrogens is 322 g/mol. The van der Waals surface area contributed by atoms with Crippen molar-refractivity contribution in [3.8, 4) is 0 Å². The number of hydrogen-bond donors (Lipinski definition) is 1. The molecule has 1 aromatic carbocycles. The first-order chi connectivity index (χ1) is 12.0. The lowest BCUT2D eigenvalue weighted by Crippen LogP contribution is -2.41. The van der Waals surface area contributed by atoms with Crippen molar-refractivity contribution in [2.75, 3.05) is 6.54 Å². The van der Waals surface area contributed by atoms with Gasteiger partial charge in [-0.1, -0.05) is 32.4 Å². The molecule has 0 spiro atoms. The summed E-state index contributed by atoms with van der Waals surface area (Å²) in [6.45, 7) is 4.06. The van der Waals surface area contributed by atoms with Crippen molar-refractivity contribution in [1.29, 1.82) is 0 Å². The number of carboxylic acid groups (broad SMARTS) is 1. The van der Waals surface area contributed by atoms with Gasteiger partial charge >= 0.3 is 0 Å². The second-order valence-electron chi connectivity index (χ2n) is 6.07. The summed E-state index contributed by atoms with van der Waals surface area (Å²) in [5, 5.41) is 13.6. The molecule has 2 rings (SSSR count). The number of carbonyl (C=O) groups excluding carboxylic acids is 2. The number of nitrogens with zero attached hydrogens (tertiary/aromatic N) is 2. The van der Waals surface area contributed by atoms with E-state index in [9.17, 15) is 19.5 Å². The lowest BCUT2D eigenvalue weighted by molar-refractivity contribution is -0.305. The molecule has 1 N–H and O–H groups in total. The van der Waals surface area contributed by atoms with E-state index in [-0.39, 0.29) is 36.8 Å². The monoisotopic (exact) mass is 344 g/mol. The Bertz CT molecular complexity index is 815. The van der Waals surface area contributed by atoms with Crippen LogP contribution in [0.3, 0.4) is 0 Å². The number of amides is 1. The number of rotatable bonds is 8. The number of aromatic nitrogens is 2. The van der Waals surface area contributed by atoms with E-state index in [0.717, 1.165) is 0 Å². The molecule has 25 heavy (non-hydrogen) atoms. The second-order valence-corrected chi connectivity index (χ2v) is 6.07. The molecule has 0 saturated heterocycles. The Morgan fingerprint density at radius 3 is 2.72 bits per heavy atom. The van der Waals surface area contributed by atoms with Gasteiger partial charge in [0.1, 0.15) is 6.04 Å². The summed E-state index contributed by atoms with van der Waals surface area (Å²) in [5.74, 6) is -1.55. The number of benzene rings is 1. The van der Waals surface area contributed by atoms with E-state index in [2.05, 4.69) is 10.3 Å². The van der Waals surface area contributed by atoms with Crippen LogP contribution in [0.15, 0.2) is 35.4 Å². The average molecular weight is 344 g/mol. The quantitative estimate of drug-likeness (QED) is 0.707. The fourth-order valence-corrected chi connectivity index (χ4v) is 2.71. The predicted octanol–water partition coefficient (Wildman–Crippen LogP) is 0.630. The molecule has 2 atom stereocenters. The number of fused-ring (bicyclic) bond motifs is 1. The van der Waals surface area contributed by atoms with Gasteiger partial charge in [-0.05, 0) is 30.9 Å². The Labute approximate surface area is 145 Å². The van der Waals surface area contributed by atoms with Gasteiger partial charge in [-0.2, -0.15) is 0 Å². The third kappa shape index (κ3) is 4.43. The molecule has 0 aliphatic heterocycles. The van der Waals surface area contributed by atoms with Crippen LogP contribution >= 0.6 is 0 Å². The molecule has 2 aromatic rings. The Hall–Kier alpha value is -2.70. The van der Waals surface area contributed by atoms with E-state index >= 15 is 0 Å². The van der Waals surface area contributed by atoms with E-state index in [0.29, 0.717) is 17.3 Å². The SMILES string of the molecule is CC[C@H](C)[C@@H](C(=O)NCCCC(=O)[O-])n1cnc2ccccc2c1=O. The Morgan fingerprint density at radius 2 is 2.04 bits per heavy atom. The van der Waals surface area contributed by atoms with Crippen LogP contribution in [-0.2, 0) is 9.59 Å². The van der Waals surface area contributed by atoms with Crippen molar-refractivity contribution in [1.82, 2.24) is 14.9 Å². The highest BCUT2D eigenvalue weighted by Gasteiger charge is 2.27. The number of aliphatic carboxylic acids is 1. The van der Waals surface area contributed by atoms with Gasteiger partial charge in [0, 0.05) is 12.5 Å². The molecule has 0 unspecified atom stereocenters. The first-order valence-electron chi connectivity index (χ1n) is 8.39. The number of carbonyl (C=O) groups is 2. The fraction of sp³-hybridized carbons (Fsp3) is 0.444. The highest BCUT2D eigenvalue weighted by atomic mass is 16.4. The van der Waals surface area contributed by atoms with Crippen molar-refractivity contribution in [2.45, 2.75) is 39.2 Å². The second kappa shape index (κ2) is 8.41. The molecule has 7 heteroatoms. The van der Waals surface area contributed by atoms with Gasteiger partial charge in [-0.15, -0.1) is 0 Å². The van der Waals surface area contributed by atoms with Crippen LogP contribution in [-0.4, -0.2) is 28.0 Å². The number of hydrogen-bond acceptors (Lipinski definition) is 5. The molecule has 1 heterocycles. The van der Waals surface area contributed by atoms with Gasteiger partial charge in [0.25, 0.3) is 5.56 Å². The molecule has 134 valence electrons. The van der Waals surface area contributed by atoms with Crippen molar-refractivity contribution in [3.63, 3.8) is 0 Å². The maximum absolute atomic E-state index is 12.8. The van der Waals surface area contributed by atoms with Crippen molar-refractivity contribution >= 4 is 22.8 Å². The summed E-state index contributed by atoms with van der Waals surface area (Å²) in [6.07, 6.45) is 2.27. The van der Waals surface area contributed by atoms with E-state index in [4.69, 9.17) is 0 Å². The van der Waals surface area contributed by atoms with Gasteiger partial charge in [-0.25, -0.2) is 4.98 Å². The molecule has 0 aliphatic carbocycles. The molecule has 0 aliphatic rings. The maximum atomic E-state index is 12.8. The smallest absolute Gasteiger partial charge is 0.261 e. The summed E-state index contributed by atoms with van der Waals surface area (Å²) in [5.41, 5.74) is 0.321. The third-order valence-electron chi connectivity index (χ3n) is 4.30. The van der Waals surface area contributed by atoms with Crippen LogP contribution in [0.5, 0.6) is 0 Å². The Balaban J connectivity index is 2.28. The zero-order valence-corrected chi connectivity index (χ0v) is 14.4.